The van der Waals surface area contributed by atoms with Crippen molar-refractivity contribution in [1.82, 2.24) is 10.3 Å². The zero-order valence-corrected chi connectivity index (χ0v) is 20.5. The lowest BCUT2D eigenvalue weighted by Crippen LogP contribution is -2.52. The van der Waals surface area contributed by atoms with E-state index in [9.17, 15) is 9.59 Å². The molecule has 0 spiro atoms. The molecule has 4 rings (SSSR count). The zero-order chi connectivity index (χ0) is 25.1. The summed E-state index contributed by atoms with van der Waals surface area (Å²) < 4.78 is 22.1. The first-order valence-corrected chi connectivity index (χ1v) is 11.4. The maximum atomic E-state index is 13.0. The van der Waals surface area contributed by atoms with Gasteiger partial charge in [0.1, 0.15) is 23.1 Å². The quantitative estimate of drug-likeness (QED) is 0.449. The molecule has 1 aromatic carbocycles. The van der Waals surface area contributed by atoms with Crippen molar-refractivity contribution in [2.75, 3.05) is 32.8 Å². The number of carbonyl (C=O) groups is 1. The molecule has 184 valence electrons. The van der Waals surface area contributed by atoms with E-state index in [2.05, 4.69) is 22.2 Å². The second kappa shape index (κ2) is 10.6. The van der Waals surface area contributed by atoms with E-state index in [1.165, 1.54) is 32.6 Å². The summed E-state index contributed by atoms with van der Waals surface area (Å²) in [4.78, 5) is 29.2. The van der Waals surface area contributed by atoms with Crippen molar-refractivity contribution in [2.45, 2.75) is 18.5 Å². The van der Waals surface area contributed by atoms with E-state index in [0.717, 1.165) is 0 Å². The van der Waals surface area contributed by atoms with Gasteiger partial charge in [0.25, 0.3) is 0 Å². The zero-order valence-electron chi connectivity index (χ0n) is 19.0. The number of pyridine rings is 1. The summed E-state index contributed by atoms with van der Waals surface area (Å²) in [7, 11) is 2.91. The predicted octanol–water partition coefficient (Wildman–Crippen LogP) is 4.05. The summed E-state index contributed by atoms with van der Waals surface area (Å²) in [5.41, 5.74) is 0.186. The molecule has 2 atom stereocenters. The number of rotatable bonds is 7. The smallest absolute Gasteiger partial charge is 0.243 e. The first kappa shape index (κ1) is 24.8. The van der Waals surface area contributed by atoms with Crippen LogP contribution in [0, 0.1) is 0 Å². The van der Waals surface area contributed by atoms with Crippen LogP contribution in [0.4, 0.5) is 5.82 Å². The van der Waals surface area contributed by atoms with Crippen LogP contribution in [0.5, 0.6) is 11.5 Å². The highest BCUT2D eigenvalue weighted by Gasteiger charge is 2.27. The first-order chi connectivity index (χ1) is 16.9. The lowest BCUT2D eigenvalue weighted by atomic mass is 10.0. The van der Waals surface area contributed by atoms with Crippen LogP contribution in [0.25, 0.3) is 22.3 Å². The van der Waals surface area contributed by atoms with E-state index >= 15 is 0 Å². The number of halogens is 2. The van der Waals surface area contributed by atoms with Crippen LogP contribution < -0.4 is 25.5 Å². The average molecular weight is 520 g/mol. The molecule has 1 amide bonds. The molecule has 1 aliphatic rings. The van der Waals surface area contributed by atoms with Gasteiger partial charge in [-0.05, 0) is 18.6 Å². The SMILES string of the molecule is C=CC(=O)N[C@H]1CCOC[C@H]1Nc1cc2c(=O)cc(-c3c(Cl)c(OC)cc(OC)c3Cl)oc2cn1. The Morgan fingerprint density at radius 2 is 1.89 bits per heavy atom. The van der Waals surface area contributed by atoms with Crippen molar-refractivity contribution in [2.24, 2.45) is 0 Å². The minimum absolute atomic E-state index is 0.144. The molecule has 0 radical (unpaired) electrons. The van der Waals surface area contributed by atoms with Crippen LogP contribution in [0.15, 0.2) is 46.3 Å². The van der Waals surface area contributed by atoms with E-state index in [1.807, 2.05) is 0 Å². The number of nitrogens with zero attached hydrogens (tertiary/aromatic N) is 1. The molecule has 2 N–H and O–H groups in total. The molecule has 1 saturated heterocycles. The van der Waals surface area contributed by atoms with E-state index in [0.29, 0.717) is 42.3 Å². The van der Waals surface area contributed by atoms with E-state index in [1.54, 1.807) is 12.1 Å². The molecule has 11 heteroatoms. The number of ether oxygens (including phenoxy) is 3. The van der Waals surface area contributed by atoms with Crippen LogP contribution in [0.3, 0.4) is 0 Å². The molecule has 3 heterocycles. The Kier molecular flexibility index (Phi) is 7.49. The van der Waals surface area contributed by atoms with Gasteiger partial charge in [0, 0.05) is 18.7 Å². The maximum Gasteiger partial charge on any atom is 0.243 e. The number of hydrogen-bond acceptors (Lipinski definition) is 8. The first-order valence-electron chi connectivity index (χ1n) is 10.7. The number of aromatic nitrogens is 1. The highest BCUT2D eigenvalue weighted by Crippen LogP contribution is 2.46. The fraction of sp³-hybridized carbons (Fsp3) is 0.292. The molecule has 0 aliphatic carbocycles. The molecule has 1 aliphatic heterocycles. The normalized spacial score (nSPS) is 17.6. The Morgan fingerprint density at radius 1 is 1.17 bits per heavy atom. The molecule has 0 bridgehead atoms. The Morgan fingerprint density at radius 3 is 2.54 bits per heavy atom. The second-order valence-corrected chi connectivity index (χ2v) is 8.51. The fourth-order valence-electron chi connectivity index (χ4n) is 3.85. The molecule has 0 unspecified atom stereocenters. The van der Waals surface area contributed by atoms with Crippen molar-refractivity contribution in [3.05, 3.63) is 57.3 Å². The molecule has 0 saturated carbocycles. The number of fused-ring (bicyclic) bond motifs is 1. The summed E-state index contributed by atoms with van der Waals surface area (Å²) in [5, 5.41) is 6.78. The number of hydrogen-bond donors (Lipinski definition) is 2. The van der Waals surface area contributed by atoms with Crippen LogP contribution in [0.2, 0.25) is 10.0 Å². The van der Waals surface area contributed by atoms with Crippen LogP contribution in [-0.4, -0.2) is 50.4 Å². The minimum Gasteiger partial charge on any atom is -0.495 e. The van der Waals surface area contributed by atoms with Gasteiger partial charge in [-0.2, -0.15) is 0 Å². The van der Waals surface area contributed by atoms with Gasteiger partial charge >= 0.3 is 0 Å². The number of anilines is 1. The van der Waals surface area contributed by atoms with Gasteiger partial charge in [0.05, 0.1) is 60.1 Å². The molecule has 35 heavy (non-hydrogen) atoms. The number of benzene rings is 1. The molecule has 2 aromatic heterocycles. The van der Waals surface area contributed by atoms with Crippen LogP contribution in [0.1, 0.15) is 6.42 Å². The largest absolute Gasteiger partial charge is 0.495 e. The monoisotopic (exact) mass is 519 g/mol. The Bertz CT molecular complexity index is 1310. The predicted molar refractivity (Wildman–Crippen MR) is 134 cm³/mol. The molecule has 3 aromatic rings. The third-order valence-electron chi connectivity index (χ3n) is 5.64. The highest BCUT2D eigenvalue weighted by atomic mass is 35.5. The van der Waals surface area contributed by atoms with E-state index < -0.39 is 0 Å². The van der Waals surface area contributed by atoms with Crippen molar-refractivity contribution >= 4 is 45.9 Å². The van der Waals surface area contributed by atoms with Crippen LogP contribution >= 0.6 is 23.2 Å². The Balaban J connectivity index is 1.69. The third kappa shape index (κ3) is 5.07. The van der Waals surface area contributed by atoms with Crippen molar-refractivity contribution in [3.63, 3.8) is 0 Å². The molecular weight excluding hydrogens is 497 g/mol. The maximum absolute atomic E-state index is 13.0. The number of carbonyl (C=O) groups excluding carboxylic acids is 1. The number of methoxy groups -OCH3 is 2. The summed E-state index contributed by atoms with van der Waals surface area (Å²) in [6.07, 6.45) is 3.28. The lowest BCUT2D eigenvalue weighted by molar-refractivity contribution is -0.117. The van der Waals surface area contributed by atoms with Crippen molar-refractivity contribution in [3.8, 4) is 22.8 Å². The summed E-state index contributed by atoms with van der Waals surface area (Å²) in [6, 6.07) is 4.01. The Labute approximate surface area is 211 Å². The van der Waals surface area contributed by atoms with Crippen LogP contribution in [-0.2, 0) is 9.53 Å². The molecule has 1 fully saturated rings. The second-order valence-electron chi connectivity index (χ2n) is 7.76. The van der Waals surface area contributed by atoms with E-state index in [-0.39, 0.29) is 50.4 Å². The van der Waals surface area contributed by atoms with Gasteiger partial charge in [-0.1, -0.05) is 29.8 Å². The van der Waals surface area contributed by atoms with Gasteiger partial charge in [-0.25, -0.2) is 4.98 Å². The number of amides is 1. The lowest BCUT2D eigenvalue weighted by Gasteiger charge is -2.32. The minimum atomic E-state index is -0.322. The van der Waals surface area contributed by atoms with Gasteiger partial charge in [-0.3, -0.25) is 9.59 Å². The summed E-state index contributed by atoms with van der Waals surface area (Å²) in [5.74, 6) is 0.942. The fourth-order valence-corrected chi connectivity index (χ4v) is 4.54. The van der Waals surface area contributed by atoms with Crippen molar-refractivity contribution in [1.29, 1.82) is 0 Å². The van der Waals surface area contributed by atoms with E-state index in [4.69, 9.17) is 41.8 Å². The summed E-state index contributed by atoms with van der Waals surface area (Å²) >= 11 is 12.9. The topological polar surface area (TPSA) is 112 Å². The van der Waals surface area contributed by atoms with Gasteiger partial charge in [-0.15, -0.1) is 0 Å². The number of nitrogens with one attached hydrogen (secondary N) is 2. The highest BCUT2D eigenvalue weighted by molar-refractivity contribution is 6.41. The Hall–Kier alpha value is -3.27. The van der Waals surface area contributed by atoms with Crippen molar-refractivity contribution < 1.29 is 23.4 Å². The standard InChI is InChI=1S/C24H23Cl2N3O6/c1-4-21(31)29-13-5-6-34-11-14(13)28-20-7-12-15(30)8-16(35-19(12)10-27-20)22-23(25)17(32-2)9-18(33-3)24(22)26/h4,7-10,13-14H,1,5-6,11H2,2-3H3,(H,27,28)(H,29,31)/t13-,14+/m0/s1. The summed E-state index contributed by atoms with van der Waals surface area (Å²) in [6.45, 7) is 4.38. The third-order valence-corrected chi connectivity index (χ3v) is 6.39. The molecule has 9 nitrogen and oxygen atoms in total. The van der Waals surface area contributed by atoms with Gasteiger partial charge in [0.15, 0.2) is 11.0 Å². The van der Waals surface area contributed by atoms with Gasteiger partial charge in [0.2, 0.25) is 5.91 Å². The van der Waals surface area contributed by atoms with Gasteiger partial charge < -0.3 is 29.3 Å². The molecular formula is C24H23Cl2N3O6. The average Bonchev–Trinajstić information content (AvgIpc) is 2.86.